The predicted octanol–water partition coefficient (Wildman–Crippen LogP) is 2.68. The first-order valence-electron chi connectivity index (χ1n) is 6.01. The van der Waals surface area contributed by atoms with Crippen LogP contribution in [-0.2, 0) is 15.1 Å². The zero-order valence-corrected chi connectivity index (χ0v) is 11.0. The van der Waals surface area contributed by atoms with E-state index in [9.17, 15) is 14.3 Å². The summed E-state index contributed by atoms with van der Waals surface area (Å²) in [4.78, 5) is 11.2. The van der Waals surface area contributed by atoms with Crippen molar-refractivity contribution in [3.63, 3.8) is 0 Å². The minimum Gasteiger partial charge on any atom is -0.466 e. The summed E-state index contributed by atoms with van der Waals surface area (Å²) in [6, 6.07) is 4.59. The molecule has 0 bridgehead atoms. The van der Waals surface area contributed by atoms with Crippen LogP contribution in [0.5, 0.6) is 0 Å². The zero-order chi connectivity index (χ0) is 13.8. The number of carbonyl (C=O) groups excluding carboxylic acids is 1. The molecule has 1 rings (SSSR count). The molecule has 0 aliphatic rings. The fourth-order valence-corrected chi connectivity index (χ4v) is 1.65. The summed E-state index contributed by atoms with van der Waals surface area (Å²) in [7, 11) is 0. The van der Waals surface area contributed by atoms with Gasteiger partial charge in [-0.15, -0.1) is 0 Å². The molecule has 4 heteroatoms. The Morgan fingerprint density at radius 1 is 1.50 bits per heavy atom. The Bertz CT molecular complexity index is 427. The predicted molar refractivity (Wildman–Crippen MR) is 66.6 cm³/mol. The van der Waals surface area contributed by atoms with Gasteiger partial charge in [0, 0.05) is 6.42 Å². The number of hydrogen-bond acceptors (Lipinski definition) is 3. The van der Waals surface area contributed by atoms with Crippen LogP contribution in [0.1, 0.15) is 37.8 Å². The molecule has 1 aromatic carbocycles. The molecule has 1 aromatic rings. The summed E-state index contributed by atoms with van der Waals surface area (Å²) in [6.07, 6.45) is 0.310. The molecule has 0 heterocycles. The Hall–Kier alpha value is -1.42. The van der Waals surface area contributed by atoms with Crippen molar-refractivity contribution in [1.29, 1.82) is 0 Å². The third-order valence-corrected chi connectivity index (χ3v) is 2.91. The van der Waals surface area contributed by atoms with Gasteiger partial charge in [-0.2, -0.15) is 0 Å². The first kappa shape index (κ1) is 14.6. The van der Waals surface area contributed by atoms with Crippen molar-refractivity contribution in [2.75, 3.05) is 6.61 Å². The number of rotatable bonds is 5. The molecule has 0 fully saturated rings. The fourth-order valence-electron chi connectivity index (χ4n) is 1.65. The Kier molecular flexibility index (Phi) is 4.84. The van der Waals surface area contributed by atoms with Gasteiger partial charge < -0.3 is 9.84 Å². The maximum Gasteiger partial charge on any atom is 0.305 e. The minimum atomic E-state index is -1.23. The molecule has 0 saturated carbocycles. The Morgan fingerprint density at radius 3 is 2.72 bits per heavy atom. The summed E-state index contributed by atoms with van der Waals surface area (Å²) in [5.74, 6) is -0.714. The number of halogens is 1. The van der Waals surface area contributed by atoms with Gasteiger partial charge in [0.25, 0.3) is 0 Å². The highest BCUT2D eigenvalue weighted by molar-refractivity contribution is 5.69. The van der Waals surface area contributed by atoms with E-state index in [-0.39, 0.29) is 24.6 Å². The van der Waals surface area contributed by atoms with Crippen molar-refractivity contribution in [2.45, 2.75) is 39.2 Å². The average Bonchev–Trinajstić information content (AvgIpc) is 2.30. The molecule has 0 aliphatic heterocycles. The van der Waals surface area contributed by atoms with Crippen LogP contribution in [0, 0.1) is 12.7 Å². The minimum absolute atomic E-state index is 0.107. The molecule has 0 radical (unpaired) electrons. The van der Waals surface area contributed by atoms with E-state index in [1.165, 1.54) is 6.07 Å². The monoisotopic (exact) mass is 254 g/mol. The maximum atomic E-state index is 13.4. The molecule has 0 saturated heterocycles. The molecule has 1 unspecified atom stereocenters. The van der Waals surface area contributed by atoms with Gasteiger partial charge in [-0.3, -0.25) is 4.79 Å². The second-order valence-corrected chi connectivity index (χ2v) is 4.54. The van der Waals surface area contributed by atoms with E-state index < -0.39 is 5.60 Å². The highest BCUT2D eigenvalue weighted by Gasteiger charge is 2.25. The van der Waals surface area contributed by atoms with Gasteiger partial charge in [-0.05, 0) is 44.4 Å². The van der Waals surface area contributed by atoms with Crippen molar-refractivity contribution in [2.24, 2.45) is 0 Å². The number of aryl methyl sites for hydroxylation is 1. The lowest BCUT2D eigenvalue weighted by molar-refractivity contribution is -0.144. The second-order valence-electron chi connectivity index (χ2n) is 4.54. The molecule has 0 aliphatic carbocycles. The Labute approximate surface area is 107 Å². The lowest BCUT2D eigenvalue weighted by Crippen LogP contribution is -2.23. The number of carbonyl (C=O) groups is 1. The Balaban J connectivity index is 2.73. The number of hydrogen-bond donors (Lipinski definition) is 1. The molecule has 18 heavy (non-hydrogen) atoms. The van der Waals surface area contributed by atoms with Gasteiger partial charge in [-0.1, -0.05) is 12.1 Å². The lowest BCUT2D eigenvalue weighted by atomic mass is 9.90. The van der Waals surface area contributed by atoms with Crippen LogP contribution < -0.4 is 0 Å². The lowest BCUT2D eigenvalue weighted by Gasteiger charge is -2.23. The smallest absolute Gasteiger partial charge is 0.305 e. The van der Waals surface area contributed by atoms with Crippen LogP contribution in [0.25, 0.3) is 0 Å². The molecule has 100 valence electrons. The van der Waals surface area contributed by atoms with E-state index in [1.807, 2.05) is 0 Å². The van der Waals surface area contributed by atoms with E-state index in [2.05, 4.69) is 0 Å². The van der Waals surface area contributed by atoms with E-state index in [1.54, 1.807) is 32.9 Å². The van der Waals surface area contributed by atoms with E-state index >= 15 is 0 Å². The summed E-state index contributed by atoms with van der Waals surface area (Å²) in [5, 5.41) is 10.2. The first-order chi connectivity index (χ1) is 8.36. The number of esters is 1. The van der Waals surface area contributed by atoms with E-state index in [4.69, 9.17) is 4.74 Å². The van der Waals surface area contributed by atoms with Crippen LogP contribution in [0.4, 0.5) is 4.39 Å². The number of benzene rings is 1. The van der Waals surface area contributed by atoms with Crippen LogP contribution >= 0.6 is 0 Å². The average molecular weight is 254 g/mol. The quantitative estimate of drug-likeness (QED) is 0.822. The summed E-state index contributed by atoms with van der Waals surface area (Å²) in [6.45, 7) is 5.27. The van der Waals surface area contributed by atoms with Crippen molar-refractivity contribution < 1.29 is 19.0 Å². The van der Waals surface area contributed by atoms with Gasteiger partial charge in [0.05, 0.1) is 12.2 Å². The number of ether oxygens (including phenoxy) is 1. The number of aliphatic hydroxyl groups is 1. The zero-order valence-electron chi connectivity index (χ0n) is 11.0. The van der Waals surface area contributed by atoms with Crippen molar-refractivity contribution in [3.8, 4) is 0 Å². The molecule has 0 aromatic heterocycles. The second kappa shape index (κ2) is 5.96. The molecule has 1 atom stereocenters. The third kappa shape index (κ3) is 3.81. The highest BCUT2D eigenvalue weighted by atomic mass is 19.1. The Morgan fingerprint density at radius 2 is 2.17 bits per heavy atom. The summed E-state index contributed by atoms with van der Waals surface area (Å²) < 4.78 is 18.2. The standard InChI is InChI=1S/C14H19FO3/c1-4-18-13(16)7-8-14(3,17)11-6-5-10(2)12(15)9-11/h5-6,9,17H,4,7-8H2,1-3H3. The molecular weight excluding hydrogens is 235 g/mol. The summed E-state index contributed by atoms with van der Waals surface area (Å²) >= 11 is 0. The summed E-state index contributed by atoms with van der Waals surface area (Å²) in [5.41, 5.74) is -0.240. The van der Waals surface area contributed by atoms with Crippen LogP contribution in [0.15, 0.2) is 18.2 Å². The molecule has 0 amide bonds. The first-order valence-corrected chi connectivity index (χ1v) is 6.01. The SMILES string of the molecule is CCOC(=O)CCC(C)(O)c1ccc(C)c(F)c1. The van der Waals surface area contributed by atoms with Crippen molar-refractivity contribution in [3.05, 3.63) is 35.1 Å². The van der Waals surface area contributed by atoms with E-state index in [0.717, 1.165) is 0 Å². The third-order valence-electron chi connectivity index (χ3n) is 2.91. The topological polar surface area (TPSA) is 46.5 Å². The van der Waals surface area contributed by atoms with Gasteiger partial charge >= 0.3 is 5.97 Å². The van der Waals surface area contributed by atoms with Crippen molar-refractivity contribution >= 4 is 5.97 Å². The molecule has 1 N–H and O–H groups in total. The fraction of sp³-hybridized carbons (Fsp3) is 0.500. The van der Waals surface area contributed by atoms with Crippen LogP contribution in [0.3, 0.4) is 0 Å². The molecule has 0 spiro atoms. The van der Waals surface area contributed by atoms with Gasteiger partial charge in [-0.25, -0.2) is 4.39 Å². The van der Waals surface area contributed by atoms with Crippen LogP contribution in [-0.4, -0.2) is 17.7 Å². The van der Waals surface area contributed by atoms with Gasteiger partial charge in [0.15, 0.2) is 0 Å². The van der Waals surface area contributed by atoms with Gasteiger partial charge in [0.1, 0.15) is 5.82 Å². The van der Waals surface area contributed by atoms with Gasteiger partial charge in [0.2, 0.25) is 0 Å². The van der Waals surface area contributed by atoms with E-state index in [0.29, 0.717) is 17.7 Å². The largest absolute Gasteiger partial charge is 0.466 e. The normalized spacial score (nSPS) is 14.1. The maximum absolute atomic E-state index is 13.4. The highest BCUT2D eigenvalue weighted by Crippen LogP contribution is 2.27. The molecular formula is C14H19FO3. The van der Waals surface area contributed by atoms with Crippen LogP contribution in [0.2, 0.25) is 0 Å². The molecule has 3 nitrogen and oxygen atoms in total. The van der Waals surface area contributed by atoms with Crippen molar-refractivity contribution in [1.82, 2.24) is 0 Å².